The van der Waals surface area contributed by atoms with Crippen LogP contribution in [0.3, 0.4) is 0 Å². The van der Waals surface area contributed by atoms with E-state index in [1.165, 1.54) is 0 Å². The molecule has 0 aliphatic heterocycles. The van der Waals surface area contributed by atoms with Crippen LogP contribution in [-0.2, 0) is 47.6 Å². The van der Waals surface area contributed by atoms with Crippen molar-refractivity contribution in [3.63, 3.8) is 0 Å². The second-order valence-electron chi connectivity index (χ2n) is 0.250. The topological polar surface area (TPSA) is 63.2 Å². The molecule has 0 saturated carbocycles. The molecule has 0 spiro atoms. The zero-order valence-electron chi connectivity index (χ0n) is 2.74. The second kappa shape index (κ2) is 15.9. The molecule has 2 radical (unpaired) electrons. The smallest absolute Gasteiger partial charge is 2.00 e. The summed E-state index contributed by atoms with van der Waals surface area (Å²) in [5.41, 5.74) is 0. The van der Waals surface area contributed by atoms with Crippen LogP contribution in [0.4, 0.5) is 4.79 Å². The number of carbonyl (C=O) groups is 1. The van der Waals surface area contributed by atoms with Crippen molar-refractivity contribution >= 4 is 19.7 Å². The van der Waals surface area contributed by atoms with Gasteiger partial charge < -0.3 is 28.5 Å². The molecule has 0 unspecified atom stereocenters. The van der Waals surface area contributed by atoms with E-state index in [0.29, 0.717) is 0 Å². The molecule has 0 aliphatic rings. The van der Waals surface area contributed by atoms with Crippen LogP contribution in [0.2, 0.25) is 0 Å². The van der Waals surface area contributed by atoms with Crippen LogP contribution in [0.25, 0.3) is 0 Å². The summed E-state index contributed by atoms with van der Waals surface area (Å²) in [5, 5.41) is 16.7. The van der Waals surface area contributed by atoms with E-state index >= 15 is 0 Å². The normalized spacial score (nSPS) is 3.43. The molecule has 0 aromatic carbocycles. The Morgan fingerprint density at radius 2 is 1.14 bits per heavy atom. The first kappa shape index (κ1) is 25.4. The Kier molecular flexibility index (Phi) is 57.7. The van der Waals surface area contributed by atoms with Crippen LogP contribution in [0.15, 0.2) is 0 Å². The van der Waals surface area contributed by atoms with Crippen LogP contribution >= 0.6 is 0 Å². The van der Waals surface area contributed by atoms with Gasteiger partial charge >= 0.3 is 34.1 Å². The van der Waals surface area contributed by atoms with Gasteiger partial charge in [-0.2, -0.15) is 0 Å². The Morgan fingerprint density at radius 1 is 1.14 bits per heavy atom. The van der Waals surface area contributed by atoms with E-state index in [1.807, 2.05) is 0 Å². The third-order valence-electron chi connectivity index (χ3n) is 0. The number of hydrogen-bond acceptors (Lipinski definition) is 3. The largest absolute Gasteiger partial charge is 2.00 e. The Balaban J connectivity index is -0.0000000150. The summed E-state index contributed by atoms with van der Waals surface area (Å²) in [7, 11) is 0. The molecular formula is CCu2O3S. The van der Waals surface area contributed by atoms with Crippen LogP contribution in [0.1, 0.15) is 0 Å². The summed E-state index contributed by atoms with van der Waals surface area (Å²) < 4.78 is 0. The molecule has 0 heterocycles. The maximum Gasteiger partial charge on any atom is 2.00 e. The molecule has 0 atom stereocenters. The Hall–Kier alpha value is 0.659. The van der Waals surface area contributed by atoms with Crippen molar-refractivity contribution in [1.29, 1.82) is 0 Å². The first-order valence-electron chi connectivity index (χ1n) is 0.612. The first-order chi connectivity index (χ1) is 1.73. The van der Waals surface area contributed by atoms with Crippen molar-refractivity contribution in [2.24, 2.45) is 0 Å². The predicted octanol–water partition coefficient (Wildman–Crippen LogP) is -2.45. The van der Waals surface area contributed by atoms with E-state index in [0.717, 1.165) is 0 Å². The number of hydrogen-bond donors (Lipinski definition) is 0. The van der Waals surface area contributed by atoms with Gasteiger partial charge in [0.1, 0.15) is 0 Å². The fourth-order valence-corrected chi connectivity index (χ4v) is 0. The predicted molar refractivity (Wildman–Crippen MR) is 12.8 cm³/mol. The molecular weight excluding hydrogens is 219 g/mol. The van der Waals surface area contributed by atoms with Gasteiger partial charge in [-0.05, 0) is 6.16 Å². The van der Waals surface area contributed by atoms with Crippen LogP contribution in [-0.4, -0.2) is 6.16 Å². The van der Waals surface area contributed by atoms with E-state index in [2.05, 4.69) is 0 Å². The van der Waals surface area contributed by atoms with Gasteiger partial charge in [0.2, 0.25) is 0 Å². The standard InChI is InChI=1S/CH2O3.2Cu.S/c2-1(3)4;;;/h(H2,2,3,4);;;/q;2*+2;-2/p-2. The van der Waals surface area contributed by atoms with Gasteiger partial charge in [0.05, 0.1) is 0 Å². The van der Waals surface area contributed by atoms with Gasteiger partial charge in [-0.15, -0.1) is 0 Å². The van der Waals surface area contributed by atoms with Crippen molar-refractivity contribution in [3.8, 4) is 0 Å². The molecule has 0 aromatic heterocycles. The molecule has 0 amide bonds. The SMILES string of the molecule is O=C([O-])[O-].[Cu+2].[Cu+2].[S-2]. The Bertz CT molecular complexity index is 35.9. The molecule has 0 saturated heterocycles. The Morgan fingerprint density at radius 3 is 1.14 bits per heavy atom. The molecule has 6 heteroatoms. The summed E-state index contributed by atoms with van der Waals surface area (Å²) in [6.07, 6.45) is -2.33. The maximum atomic E-state index is 8.33. The van der Waals surface area contributed by atoms with Gasteiger partial charge in [-0.25, -0.2) is 0 Å². The van der Waals surface area contributed by atoms with Crippen LogP contribution < -0.4 is 10.2 Å². The van der Waals surface area contributed by atoms with Crippen molar-refractivity contribution in [1.82, 2.24) is 0 Å². The van der Waals surface area contributed by atoms with Crippen molar-refractivity contribution < 1.29 is 49.1 Å². The maximum absolute atomic E-state index is 8.33. The summed E-state index contributed by atoms with van der Waals surface area (Å²) in [5.74, 6) is 0. The molecule has 50 valence electrons. The molecule has 0 aromatic rings. The van der Waals surface area contributed by atoms with Gasteiger partial charge in [0.25, 0.3) is 0 Å². The minimum atomic E-state index is -2.33. The molecule has 0 bridgehead atoms. The van der Waals surface area contributed by atoms with Gasteiger partial charge in [0, 0.05) is 0 Å². The molecule has 0 N–H and O–H groups in total. The van der Waals surface area contributed by atoms with Gasteiger partial charge in [-0.3, -0.25) is 0 Å². The average Bonchev–Trinajstić information content (AvgIpc) is 0.811. The number of carboxylic acid groups (broad SMARTS) is 2. The van der Waals surface area contributed by atoms with Crippen molar-refractivity contribution in [2.75, 3.05) is 0 Å². The van der Waals surface area contributed by atoms with E-state index < -0.39 is 6.16 Å². The molecule has 0 rings (SSSR count). The number of rotatable bonds is 0. The van der Waals surface area contributed by atoms with E-state index in [-0.39, 0.29) is 47.6 Å². The molecule has 0 fully saturated rings. The van der Waals surface area contributed by atoms with E-state index in [9.17, 15) is 0 Å². The minimum absolute atomic E-state index is 0. The van der Waals surface area contributed by atoms with Crippen LogP contribution in [0.5, 0.6) is 0 Å². The van der Waals surface area contributed by atoms with Crippen molar-refractivity contribution in [2.45, 2.75) is 0 Å². The third-order valence-corrected chi connectivity index (χ3v) is 0. The Labute approximate surface area is 68.9 Å². The van der Waals surface area contributed by atoms with Crippen LogP contribution in [0, 0.1) is 0 Å². The summed E-state index contributed by atoms with van der Waals surface area (Å²) >= 11 is 0. The average molecular weight is 219 g/mol. The van der Waals surface area contributed by atoms with Gasteiger partial charge in [-0.1, -0.05) is 0 Å². The van der Waals surface area contributed by atoms with Gasteiger partial charge in [0.15, 0.2) is 0 Å². The summed E-state index contributed by atoms with van der Waals surface area (Å²) in [6.45, 7) is 0. The summed E-state index contributed by atoms with van der Waals surface area (Å²) in [6, 6.07) is 0. The fourth-order valence-electron chi connectivity index (χ4n) is 0. The number of carbonyl (C=O) groups excluding carboxylic acids is 1. The zero-order valence-corrected chi connectivity index (χ0v) is 5.44. The summed E-state index contributed by atoms with van der Waals surface area (Å²) in [4.78, 5) is 8.33. The first-order valence-corrected chi connectivity index (χ1v) is 0.612. The molecule has 3 nitrogen and oxygen atoms in total. The van der Waals surface area contributed by atoms with E-state index in [1.54, 1.807) is 0 Å². The second-order valence-corrected chi connectivity index (χ2v) is 0.250. The fraction of sp³-hybridized carbons (Fsp3) is 0. The third kappa shape index (κ3) is 333. The van der Waals surface area contributed by atoms with E-state index in [4.69, 9.17) is 15.0 Å². The van der Waals surface area contributed by atoms with Crippen molar-refractivity contribution in [3.05, 3.63) is 0 Å². The quantitative estimate of drug-likeness (QED) is 0.425. The zero-order chi connectivity index (χ0) is 3.58. The molecule has 0 aliphatic carbocycles. The molecule has 7 heavy (non-hydrogen) atoms. The monoisotopic (exact) mass is 218 g/mol. The minimum Gasteiger partial charge on any atom is -2.00 e.